The molecule has 0 heterocycles. The molecular weight excluding hydrogens is 380 g/mol. The third kappa shape index (κ3) is 5.80. The van der Waals surface area contributed by atoms with Gasteiger partial charge in [0.25, 0.3) is 0 Å². The monoisotopic (exact) mass is 408 g/mol. The topological polar surface area (TPSA) is 88.5 Å². The molecule has 1 aromatic rings. The van der Waals surface area contributed by atoms with Gasteiger partial charge in [0.15, 0.2) is 23.1 Å². The van der Waals surface area contributed by atoms with E-state index >= 15 is 0 Å². The minimum Gasteiger partial charge on any atom is -0.381 e. The van der Waals surface area contributed by atoms with Crippen LogP contribution in [0.25, 0.3) is 0 Å². The van der Waals surface area contributed by atoms with E-state index in [0.29, 0.717) is 16.7 Å². The van der Waals surface area contributed by atoms with Crippen LogP contribution in [0.2, 0.25) is 0 Å². The summed E-state index contributed by atoms with van der Waals surface area (Å²) in [5, 5.41) is 10.9. The van der Waals surface area contributed by atoms with Gasteiger partial charge in [0, 0.05) is 35.8 Å². The van der Waals surface area contributed by atoms with E-state index in [-0.39, 0.29) is 42.4 Å². The van der Waals surface area contributed by atoms with Gasteiger partial charge in [-0.05, 0) is 43.7 Å². The number of hydrogen-bond acceptors (Lipinski definition) is 5. The van der Waals surface area contributed by atoms with Gasteiger partial charge >= 0.3 is 0 Å². The van der Waals surface area contributed by atoms with Crippen LogP contribution in [-0.2, 0) is 9.59 Å². The first-order chi connectivity index (χ1) is 13.9. The molecule has 1 aliphatic rings. The Labute approximate surface area is 177 Å². The van der Waals surface area contributed by atoms with Crippen LogP contribution >= 0.6 is 0 Å². The fourth-order valence-corrected chi connectivity index (χ4v) is 3.27. The first kappa shape index (κ1) is 23.4. The van der Waals surface area contributed by atoms with E-state index in [1.807, 2.05) is 13.8 Å². The van der Waals surface area contributed by atoms with Gasteiger partial charge in [-0.15, -0.1) is 0 Å². The molecule has 2 rings (SSSR count). The van der Waals surface area contributed by atoms with E-state index in [4.69, 9.17) is 0 Å². The second kappa shape index (κ2) is 9.26. The van der Waals surface area contributed by atoms with Crippen molar-refractivity contribution in [3.63, 3.8) is 0 Å². The molecule has 1 aromatic carbocycles. The van der Waals surface area contributed by atoms with E-state index in [1.165, 1.54) is 25.2 Å². The molecule has 1 unspecified atom stereocenters. The van der Waals surface area contributed by atoms with Crippen molar-refractivity contribution in [1.29, 1.82) is 0 Å². The van der Waals surface area contributed by atoms with Crippen LogP contribution in [-0.4, -0.2) is 33.8 Å². The fraction of sp³-hybridized carbons (Fsp3) is 0.360. The number of carbonyl (C=O) groups is 4. The van der Waals surface area contributed by atoms with E-state index in [0.717, 1.165) is 0 Å². The Morgan fingerprint density at radius 1 is 1.03 bits per heavy atom. The van der Waals surface area contributed by atoms with Crippen LogP contribution in [0.4, 0.5) is 0 Å². The maximum atomic E-state index is 12.2. The second-order valence-electron chi connectivity index (χ2n) is 8.43. The predicted molar refractivity (Wildman–Crippen MR) is 115 cm³/mol. The predicted octanol–water partition coefficient (Wildman–Crippen LogP) is 4.21. The molecule has 1 aliphatic carbocycles. The Morgan fingerprint density at radius 3 is 2.20 bits per heavy atom. The van der Waals surface area contributed by atoms with Gasteiger partial charge in [0.2, 0.25) is 0 Å². The molecule has 0 aliphatic heterocycles. The summed E-state index contributed by atoms with van der Waals surface area (Å²) in [6.07, 6.45) is 7.95. The number of aliphatic hydroxyl groups is 1. The van der Waals surface area contributed by atoms with Gasteiger partial charge < -0.3 is 5.11 Å². The highest BCUT2D eigenvalue weighted by molar-refractivity contribution is 6.01. The fourth-order valence-electron chi connectivity index (χ4n) is 3.27. The lowest BCUT2D eigenvalue weighted by Crippen LogP contribution is -2.45. The van der Waals surface area contributed by atoms with Gasteiger partial charge in [-0.3, -0.25) is 19.2 Å². The Hall–Kier alpha value is -2.92. The lowest BCUT2D eigenvalue weighted by molar-refractivity contribution is -0.120. The Kier molecular flexibility index (Phi) is 7.21. The van der Waals surface area contributed by atoms with E-state index in [1.54, 1.807) is 43.3 Å². The van der Waals surface area contributed by atoms with Crippen LogP contribution in [0, 0.1) is 5.41 Å². The molecule has 0 fully saturated rings. The Balaban J connectivity index is 1.96. The molecule has 0 aromatic heterocycles. The Bertz CT molecular complexity index is 944. The van der Waals surface area contributed by atoms with Crippen molar-refractivity contribution in [2.75, 3.05) is 0 Å². The van der Waals surface area contributed by atoms with Crippen LogP contribution in [0.15, 0.2) is 60.2 Å². The molecule has 30 heavy (non-hydrogen) atoms. The van der Waals surface area contributed by atoms with Gasteiger partial charge in [-0.2, -0.15) is 0 Å². The van der Waals surface area contributed by atoms with Gasteiger partial charge in [0.1, 0.15) is 5.60 Å². The Morgan fingerprint density at radius 2 is 1.63 bits per heavy atom. The minimum absolute atomic E-state index is 0.0267. The number of rotatable bonds is 8. The van der Waals surface area contributed by atoms with Gasteiger partial charge in [-0.1, -0.05) is 44.2 Å². The van der Waals surface area contributed by atoms with E-state index in [2.05, 4.69) is 0 Å². The lowest BCUT2D eigenvalue weighted by Gasteiger charge is -2.40. The summed E-state index contributed by atoms with van der Waals surface area (Å²) in [5.74, 6) is -0.443. The third-order valence-corrected chi connectivity index (χ3v) is 5.42. The highest BCUT2D eigenvalue weighted by atomic mass is 16.3. The molecular formula is C25H28O5. The van der Waals surface area contributed by atoms with Crippen LogP contribution < -0.4 is 0 Å². The quantitative estimate of drug-likeness (QED) is 0.395. The molecule has 0 saturated carbocycles. The van der Waals surface area contributed by atoms with E-state index in [9.17, 15) is 24.3 Å². The average molecular weight is 408 g/mol. The maximum absolute atomic E-state index is 12.2. The van der Waals surface area contributed by atoms with Crippen molar-refractivity contribution in [2.24, 2.45) is 5.41 Å². The van der Waals surface area contributed by atoms with Gasteiger partial charge in [0.05, 0.1) is 0 Å². The molecule has 158 valence electrons. The van der Waals surface area contributed by atoms with Crippen molar-refractivity contribution in [2.45, 2.75) is 52.6 Å². The number of hydrogen-bond donors (Lipinski definition) is 1. The van der Waals surface area contributed by atoms with Gasteiger partial charge in [-0.25, -0.2) is 0 Å². The molecule has 0 amide bonds. The minimum atomic E-state index is -1.28. The van der Waals surface area contributed by atoms with Crippen molar-refractivity contribution >= 4 is 23.1 Å². The number of carbonyl (C=O) groups excluding carboxylic acids is 4. The summed E-state index contributed by atoms with van der Waals surface area (Å²) in [4.78, 5) is 47.4. The highest BCUT2D eigenvalue weighted by Gasteiger charge is 2.43. The normalized spacial score (nSPS) is 21.1. The van der Waals surface area contributed by atoms with Crippen molar-refractivity contribution in [1.82, 2.24) is 0 Å². The summed E-state index contributed by atoms with van der Waals surface area (Å²) in [6, 6.07) is 6.40. The SMILES string of the molecule is CC(=O)c1ccc(C(=O)CCC(=O)/C=C(C)\C=C\C2(O)C=CC(=O)CC2(C)C)cc1. The summed E-state index contributed by atoms with van der Waals surface area (Å²) in [7, 11) is 0. The third-order valence-electron chi connectivity index (χ3n) is 5.42. The smallest absolute Gasteiger partial charge is 0.163 e. The van der Waals surface area contributed by atoms with E-state index < -0.39 is 11.0 Å². The van der Waals surface area contributed by atoms with Crippen molar-refractivity contribution in [3.05, 3.63) is 71.3 Å². The first-order valence-corrected chi connectivity index (χ1v) is 9.92. The molecule has 0 saturated heterocycles. The molecule has 0 bridgehead atoms. The summed E-state index contributed by atoms with van der Waals surface area (Å²) >= 11 is 0. The number of Topliss-reactive ketones (excluding diaryl/α,β-unsaturated/α-hetero) is 2. The standard InChI is InChI=1S/C25H28O5/c1-17(11-13-25(30)14-12-22(28)16-24(25,3)4)15-21(27)9-10-23(29)20-7-5-19(6-8-20)18(2)26/h5-8,11-15,30H,9-10,16H2,1-4H3/b13-11+,17-15-. The molecule has 5 nitrogen and oxygen atoms in total. The second-order valence-corrected chi connectivity index (χ2v) is 8.43. The molecule has 5 heteroatoms. The number of benzene rings is 1. The zero-order valence-corrected chi connectivity index (χ0v) is 17.9. The zero-order chi connectivity index (χ0) is 22.5. The maximum Gasteiger partial charge on any atom is 0.163 e. The molecule has 0 spiro atoms. The lowest BCUT2D eigenvalue weighted by atomic mass is 9.68. The number of ketones is 4. The largest absolute Gasteiger partial charge is 0.381 e. The summed E-state index contributed by atoms with van der Waals surface area (Å²) in [5.41, 5.74) is -0.273. The summed E-state index contributed by atoms with van der Waals surface area (Å²) < 4.78 is 0. The molecule has 1 N–H and O–H groups in total. The van der Waals surface area contributed by atoms with Crippen LogP contribution in [0.3, 0.4) is 0 Å². The molecule has 0 radical (unpaired) electrons. The highest BCUT2D eigenvalue weighted by Crippen LogP contribution is 2.40. The van der Waals surface area contributed by atoms with Crippen LogP contribution in [0.1, 0.15) is 67.7 Å². The summed E-state index contributed by atoms with van der Waals surface area (Å²) in [6.45, 7) is 6.84. The zero-order valence-electron chi connectivity index (χ0n) is 17.9. The first-order valence-electron chi connectivity index (χ1n) is 9.92. The van der Waals surface area contributed by atoms with Crippen molar-refractivity contribution < 1.29 is 24.3 Å². The number of allylic oxidation sites excluding steroid dienone is 4. The average Bonchev–Trinajstić information content (AvgIpc) is 2.67. The molecule has 1 atom stereocenters. The van der Waals surface area contributed by atoms with Crippen molar-refractivity contribution in [3.8, 4) is 0 Å². The van der Waals surface area contributed by atoms with Crippen LogP contribution in [0.5, 0.6) is 0 Å².